The van der Waals surface area contributed by atoms with Crippen LogP contribution in [0.3, 0.4) is 0 Å². The lowest BCUT2D eigenvalue weighted by atomic mass is 10.2. The van der Waals surface area contributed by atoms with Gasteiger partial charge in [0.15, 0.2) is 0 Å². The molecule has 1 fully saturated rings. The van der Waals surface area contributed by atoms with E-state index in [2.05, 4.69) is 4.98 Å². The zero-order chi connectivity index (χ0) is 11.5. The van der Waals surface area contributed by atoms with E-state index in [4.69, 9.17) is 5.11 Å². The van der Waals surface area contributed by atoms with E-state index in [0.717, 1.165) is 12.3 Å². The summed E-state index contributed by atoms with van der Waals surface area (Å²) in [4.78, 5) is 27.6. The van der Waals surface area contributed by atoms with Crippen LogP contribution in [0.4, 0.5) is 4.79 Å². The number of carbonyl (C=O) groups is 2. The number of carboxylic acids is 1. The monoisotopic (exact) mass is 238 g/mol. The molecule has 16 heavy (non-hydrogen) atoms. The lowest BCUT2D eigenvalue weighted by Gasteiger charge is -2.13. The molecule has 0 bridgehead atoms. The topological polar surface area (TPSA) is 70.5 Å². The molecule has 1 N–H and O–H groups in total. The number of thioether (sulfide) groups is 1. The Kier molecular flexibility index (Phi) is 3.09. The van der Waals surface area contributed by atoms with Gasteiger partial charge in [-0.15, -0.1) is 0 Å². The summed E-state index contributed by atoms with van der Waals surface area (Å²) in [6.07, 6.45) is 1.31. The van der Waals surface area contributed by atoms with Gasteiger partial charge in [0.2, 0.25) is 0 Å². The number of hydrogen-bond acceptors (Lipinski definition) is 4. The van der Waals surface area contributed by atoms with Gasteiger partial charge in [-0.05, 0) is 12.1 Å². The second kappa shape index (κ2) is 4.52. The summed E-state index contributed by atoms with van der Waals surface area (Å²) in [6.45, 7) is 1.18. The third-order valence-electron chi connectivity index (χ3n) is 2.27. The molecule has 0 atom stereocenters. The van der Waals surface area contributed by atoms with Gasteiger partial charge >= 0.3 is 5.97 Å². The lowest BCUT2D eigenvalue weighted by molar-refractivity contribution is 0.0696. The summed E-state index contributed by atoms with van der Waals surface area (Å²) in [5.41, 5.74) is 0.867. The number of pyridine rings is 1. The largest absolute Gasteiger partial charge is 0.478 e. The maximum atomic E-state index is 11.3. The van der Waals surface area contributed by atoms with Gasteiger partial charge in [0, 0.05) is 18.5 Å². The summed E-state index contributed by atoms with van der Waals surface area (Å²) in [5, 5.41) is 8.75. The van der Waals surface area contributed by atoms with Gasteiger partial charge in [-0.25, -0.2) is 4.79 Å². The van der Waals surface area contributed by atoms with Crippen molar-refractivity contribution in [2.24, 2.45) is 0 Å². The van der Waals surface area contributed by atoms with Crippen molar-refractivity contribution in [1.29, 1.82) is 0 Å². The molecule has 1 aliphatic heterocycles. The first-order valence-electron chi connectivity index (χ1n) is 4.77. The number of carboxylic acid groups (broad SMARTS) is 1. The Hall–Kier alpha value is -1.56. The molecule has 84 valence electrons. The minimum Gasteiger partial charge on any atom is -0.478 e. The molecule has 0 radical (unpaired) electrons. The molecule has 1 saturated heterocycles. The molecule has 6 heteroatoms. The Morgan fingerprint density at radius 2 is 2.38 bits per heavy atom. The molecule has 1 aromatic heterocycles. The number of amides is 1. The first-order valence-corrected chi connectivity index (χ1v) is 5.75. The average molecular weight is 238 g/mol. The summed E-state index contributed by atoms with van der Waals surface area (Å²) in [6, 6.07) is 3.14. The molecule has 5 nitrogen and oxygen atoms in total. The maximum absolute atomic E-state index is 11.3. The number of nitrogens with zero attached hydrogens (tertiary/aromatic N) is 2. The second-order valence-corrected chi connectivity index (χ2v) is 4.43. The first-order chi connectivity index (χ1) is 7.66. The molecule has 0 aliphatic carbocycles. The zero-order valence-corrected chi connectivity index (χ0v) is 9.24. The van der Waals surface area contributed by atoms with Crippen LogP contribution in [0.15, 0.2) is 18.3 Å². The normalized spacial score (nSPS) is 15.5. The van der Waals surface area contributed by atoms with E-state index in [1.165, 1.54) is 24.0 Å². The number of aromatic nitrogens is 1. The van der Waals surface area contributed by atoms with Crippen LogP contribution in [-0.2, 0) is 6.54 Å². The third kappa shape index (κ3) is 2.33. The van der Waals surface area contributed by atoms with Crippen molar-refractivity contribution < 1.29 is 14.7 Å². The fourth-order valence-corrected chi connectivity index (χ4v) is 2.23. The Bertz CT molecular complexity index is 419. The van der Waals surface area contributed by atoms with E-state index in [9.17, 15) is 9.59 Å². The van der Waals surface area contributed by atoms with Crippen LogP contribution >= 0.6 is 11.8 Å². The van der Waals surface area contributed by atoms with E-state index in [-0.39, 0.29) is 10.8 Å². The van der Waals surface area contributed by atoms with E-state index < -0.39 is 5.97 Å². The van der Waals surface area contributed by atoms with Gasteiger partial charge in [0.25, 0.3) is 5.24 Å². The van der Waals surface area contributed by atoms with Gasteiger partial charge in [-0.2, -0.15) is 0 Å². The zero-order valence-electron chi connectivity index (χ0n) is 8.42. The summed E-state index contributed by atoms with van der Waals surface area (Å²) < 4.78 is 0. The molecule has 1 aliphatic rings. The Balaban J connectivity index is 2.05. The van der Waals surface area contributed by atoms with Crippen LogP contribution in [0.2, 0.25) is 0 Å². The van der Waals surface area contributed by atoms with Gasteiger partial charge < -0.3 is 10.0 Å². The molecule has 2 rings (SSSR count). The second-order valence-electron chi connectivity index (χ2n) is 3.38. The highest BCUT2D eigenvalue weighted by molar-refractivity contribution is 8.13. The molecule has 1 aromatic rings. The van der Waals surface area contributed by atoms with E-state index >= 15 is 0 Å². The maximum Gasteiger partial charge on any atom is 0.337 e. The molecule has 0 saturated carbocycles. The standard InChI is InChI=1S/C10H10N2O3S/c13-9(14)7-1-2-8(11-5-7)6-12-3-4-16-10(12)15/h1-2,5H,3-4,6H2,(H,13,14). The van der Waals surface area contributed by atoms with E-state index in [1.54, 1.807) is 11.0 Å². The smallest absolute Gasteiger partial charge is 0.337 e. The van der Waals surface area contributed by atoms with Crippen molar-refractivity contribution in [3.05, 3.63) is 29.6 Å². The minimum absolute atomic E-state index is 0.0594. The molecule has 0 unspecified atom stereocenters. The molecule has 0 spiro atoms. The van der Waals surface area contributed by atoms with Crippen molar-refractivity contribution in [3.63, 3.8) is 0 Å². The van der Waals surface area contributed by atoms with Crippen LogP contribution in [0.5, 0.6) is 0 Å². The van der Waals surface area contributed by atoms with Crippen LogP contribution in [0.1, 0.15) is 16.1 Å². The van der Waals surface area contributed by atoms with Gasteiger partial charge in [-0.3, -0.25) is 9.78 Å². The van der Waals surface area contributed by atoms with Gasteiger partial charge in [-0.1, -0.05) is 11.8 Å². The fourth-order valence-electron chi connectivity index (χ4n) is 1.41. The van der Waals surface area contributed by atoms with Gasteiger partial charge in [0.1, 0.15) is 0 Å². The van der Waals surface area contributed by atoms with Crippen molar-refractivity contribution in [3.8, 4) is 0 Å². The number of rotatable bonds is 3. The third-order valence-corrected chi connectivity index (χ3v) is 3.16. The predicted octanol–water partition coefficient (Wildman–Crippen LogP) is 1.45. The summed E-state index contributed by atoms with van der Waals surface area (Å²) in [7, 11) is 0. The lowest BCUT2D eigenvalue weighted by Crippen LogP contribution is -2.23. The molecule has 1 amide bonds. The highest BCUT2D eigenvalue weighted by Gasteiger charge is 2.21. The molecular weight excluding hydrogens is 228 g/mol. The fraction of sp³-hybridized carbons (Fsp3) is 0.300. The average Bonchev–Trinajstić information content (AvgIpc) is 2.65. The molecule has 2 heterocycles. The van der Waals surface area contributed by atoms with Gasteiger partial charge in [0.05, 0.1) is 17.8 Å². The number of carbonyl (C=O) groups excluding carboxylic acids is 1. The SMILES string of the molecule is O=C(O)c1ccc(CN2CCSC2=O)nc1. The predicted molar refractivity (Wildman–Crippen MR) is 59.5 cm³/mol. The Labute approximate surface area is 96.5 Å². The van der Waals surface area contributed by atoms with E-state index in [1.807, 2.05) is 0 Å². The quantitative estimate of drug-likeness (QED) is 0.863. The van der Waals surface area contributed by atoms with Crippen molar-refractivity contribution in [2.45, 2.75) is 6.54 Å². The van der Waals surface area contributed by atoms with Crippen LogP contribution in [-0.4, -0.2) is 38.5 Å². The van der Waals surface area contributed by atoms with Crippen LogP contribution < -0.4 is 0 Å². The van der Waals surface area contributed by atoms with Crippen molar-refractivity contribution >= 4 is 23.0 Å². The van der Waals surface area contributed by atoms with Crippen molar-refractivity contribution in [2.75, 3.05) is 12.3 Å². The Morgan fingerprint density at radius 1 is 1.56 bits per heavy atom. The van der Waals surface area contributed by atoms with Crippen LogP contribution in [0, 0.1) is 0 Å². The minimum atomic E-state index is -0.994. The molecule has 0 aromatic carbocycles. The summed E-state index contributed by atoms with van der Waals surface area (Å²) in [5.74, 6) is -0.182. The Morgan fingerprint density at radius 3 is 2.88 bits per heavy atom. The molecular formula is C10H10N2O3S. The van der Waals surface area contributed by atoms with Crippen LogP contribution in [0.25, 0.3) is 0 Å². The number of hydrogen-bond donors (Lipinski definition) is 1. The van der Waals surface area contributed by atoms with Crippen molar-refractivity contribution in [1.82, 2.24) is 9.88 Å². The summed E-state index contributed by atoms with van der Waals surface area (Å²) >= 11 is 1.30. The highest BCUT2D eigenvalue weighted by Crippen LogP contribution is 2.19. The first kappa shape index (κ1) is 10.9. The van der Waals surface area contributed by atoms with E-state index in [0.29, 0.717) is 12.2 Å². The number of aromatic carboxylic acids is 1. The highest BCUT2D eigenvalue weighted by atomic mass is 32.2.